The highest BCUT2D eigenvalue weighted by Crippen LogP contribution is 2.12. The molecular formula is C12H16ClN5O2. The van der Waals surface area contributed by atoms with E-state index in [1.165, 1.54) is 0 Å². The number of anilines is 1. The molecule has 0 radical (unpaired) electrons. The zero-order valence-electron chi connectivity index (χ0n) is 11.4. The second-order valence-electron chi connectivity index (χ2n) is 4.04. The molecule has 0 saturated heterocycles. The van der Waals surface area contributed by atoms with Crippen molar-refractivity contribution in [3.63, 3.8) is 0 Å². The molecule has 0 fully saturated rings. The Morgan fingerprint density at radius 3 is 2.90 bits per heavy atom. The molecule has 0 aromatic carbocycles. The molecular weight excluding hydrogens is 282 g/mol. The Hall–Kier alpha value is -1.73. The van der Waals surface area contributed by atoms with Crippen LogP contribution in [0.25, 0.3) is 0 Å². The first-order valence-electron chi connectivity index (χ1n) is 6.31. The summed E-state index contributed by atoms with van der Waals surface area (Å²) in [6.45, 7) is 5.26. The monoisotopic (exact) mass is 297 g/mol. The summed E-state index contributed by atoms with van der Waals surface area (Å²) in [6, 6.07) is 1.66. The third-order valence-corrected chi connectivity index (χ3v) is 2.58. The molecule has 0 bridgehead atoms. The Morgan fingerprint density at radius 2 is 2.20 bits per heavy atom. The molecule has 0 aliphatic carbocycles. The van der Waals surface area contributed by atoms with Crippen molar-refractivity contribution in [1.82, 2.24) is 20.1 Å². The fourth-order valence-electron chi connectivity index (χ4n) is 1.55. The summed E-state index contributed by atoms with van der Waals surface area (Å²) < 4.78 is 10.3. The Bertz CT molecular complexity index is 561. The van der Waals surface area contributed by atoms with E-state index in [0.717, 1.165) is 0 Å². The first-order chi connectivity index (χ1) is 9.67. The van der Waals surface area contributed by atoms with Crippen LogP contribution in [0.15, 0.2) is 10.6 Å². The van der Waals surface area contributed by atoms with Gasteiger partial charge in [0.05, 0.1) is 0 Å². The Kier molecular flexibility index (Phi) is 5.25. The summed E-state index contributed by atoms with van der Waals surface area (Å²) in [5.41, 5.74) is 0. The van der Waals surface area contributed by atoms with Crippen LogP contribution in [-0.2, 0) is 17.8 Å². The maximum atomic E-state index is 5.94. The summed E-state index contributed by atoms with van der Waals surface area (Å²) in [4.78, 5) is 12.5. The van der Waals surface area contributed by atoms with Gasteiger partial charge in [-0.3, -0.25) is 0 Å². The van der Waals surface area contributed by atoms with Crippen LogP contribution in [0.2, 0.25) is 5.15 Å². The van der Waals surface area contributed by atoms with Crippen molar-refractivity contribution < 1.29 is 9.26 Å². The van der Waals surface area contributed by atoms with Crippen molar-refractivity contribution in [2.75, 3.05) is 18.5 Å². The molecule has 0 spiro atoms. The summed E-state index contributed by atoms with van der Waals surface area (Å²) in [6.07, 6.45) is 0.614. The lowest BCUT2D eigenvalue weighted by molar-refractivity contribution is 0.128. The molecule has 0 unspecified atom stereocenters. The molecule has 2 rings (SSSR count). The number of hydrogen-bond donors (Lipinski definition) is 1. The standard InChI is InChI=1S/C12H16ClN5O2/c1-3-19-7-11-16-9(13)6-10(17-11)14-5-4-12-15-8(2)18-20-12/h6H,3-5,7H2,1-2H3,(H,14,16,17). The van der Waals surface area contributed by atoms with E-state index in [9.17, 15) is 0 Å². The van der Waals surface area contributed by atoms with Crippen molar-refractivity contribution in [1.29, 1.82) is 0 Å². The maximum Gasteiger partial charge on any atom is 0.228 e. The first-order valence-corrected chi connectivity index (χ1v) is 6.69. The van der Waals surface area contributed by atoms with Gasteiger partial charge in [-0.1, -0.05) is 16.8 Å². The number of rotatable bonds is 7. The molecule has 7 nitrogen and oxygen atoms in total. The Labute approximate surface area is 121 Å². The van der Waals surface area contributed by atoms with Gasteiger partial charge in [0.2, 0.25) is 5.89 Å². The van der Waals surface area contributed by atoms with Crippen molar-refractivity contribution in [3.8, 4) is 0 Å². The van der Waals surface area contributed by atoms with Crippen LogP contribution in [0, 0.1) is 6.92 Å². The average Bonchev–Trinajstić information content (AvgIpc) is 2.81. The van der Waals surface area contributed by atoms with Crippen LogP contribution in [0.5, 0.6) is 0 Å². The van der Waals surface area contributed by atoms with E-state index in [1.807, 2.05) is 6.92 Å². The molecule has 108 valence electrons. The molecule has 20 heavy (non-hydrogen) atoms. The molecule has 2 aromatic rings. The first kappa shape index (κ1) is 14.7. The molecule has 1 N–H and O–H groups in total. The molecule has 0 saturated carbocycles. The Morgan fingerprint density at radius 1 is 1.35 bits per heavy atom. The van der Waals surface area contributed by atoms with Crippen molar-refractivity contribution in [2.45, 2.75) is 26.9 Å². The minimum Gasteiger partial charge on any atom is -0.374 e. The number of nitrogens with zero attached hydrogens (tertiary/aromatic N) is 4. The van der Waals surface area contributed by atoms with Gasteiger partial charge < -0.3 is 14.6 Å². The van der Waals surface area contributed by atoms with Gasteiger partial charge in [-0.25, -0.2) is 9.97 Å². The molecule has 0 aliphatic rings. The van der Waals surface area contributed by atoms with Gasteiger partial charge in [-0.05, 0) is 13.8 Å². The van der Waals surface area contributed by atoms with Gasteiger partial charge in [0.15, 0.2) is 11.6 Å². The lowest BCUT2D eigenvalue weighted by Crippen LogP contribution is -2.09. The van der Waals surface area contributed by atoms with Gasteiger partial charge in [-0.15, -0.1) is 0 Å². The largest absolute Gasteiger partial charge is 0.374 e. The number of aryl methyl sites for hydroxylation is 1. The second kappa shape index (κ2) is 7.16. The predicted molar refractivity (Wildman–Crippen MR) is 73.6 cm³/mol. The predicted octanol–water partition coefficient (Wildman–Crippen LogP) is 2.01. The number of nitrogens with one attached hydrogen (secondary N) is 1. The minimum absolute atomic E-state index is 0.342. The topological polar surface area (TPSA) is 86.0 Å². The third kappa shape index (κ3) is 4.43. The van der Waals surface area contributed by atoms with E-state index in [-0.39, 0.29) is 0 Å². The summed E-state index contributed by atoms with van der Waals surface area (Å²) >= 11 is 5.94. The SMILES string of the molecule is CCOCc1nc(Cl)cc(NCCc2nc(C)no2)n1. The average molecular weight is 298 g/mol. The second-order valence-corrected chi connectivity index (χ2v) is 4.43. The van der Waals surface area contributed by atoms with Crippen LogP contribution in [-0.4, -0.2) is 33.3 Å². The van der Waals surface area contributed by atoms with Gasteiger partial charge in [-0.2, -0.15) is 4.98 Å². The summed E-state index contributed by atoms with van der Waals surface area (Å²) in [5.74, 6) is 2.42. The highest BCUT2D eigenvalue weighted by molar-refractivity contribution is 6.29. The van der Waals surface area contributed by atoms with Crippen LogP contribution in [0.3, 0.4) is 0 Å². The number of ether oxygens (including phenoxy) is 1. The van der Waals surface area contributed by atoms with Crippen molar-refractivity contribution in [3.05, 3.63) is 28.8 Å². The van der Waals surface area contributed by atoms with Gasteiger partial charge >= 0.3 is 0 Å². The lowest BCUT2D eigenvalue weighted by atomic mass is 10.4. The number of aromatic nitrogens is 4. The van der Waals surface area contributed by atoms with Crippen molar-refractivity contribution >= 4 is 17.4 Å². The fraction of sp³-hybridized carbons (Fsp3) is 0.500. The molecule has 0 atom stereocenters. The zero-order chi connectivity index (χ0) is 14.4. The quantitative estimate of drug-likeness (QED) is 0.782. The van der Waals surface area contributed by atoms with E-state index in [2.05, 4.69) is 25.4 Å². The van der Waals surface area contributed by atoms with E-state index >= 15 is 0 Å². The summed E-state index contributed by atoms with van der Waals surface area (Å²) in [5, 5.41) is 7.25. The van der Waals surface area contributed by atoms with Crippen LogP contribution in [0.4, 0.5) is 5.82 Å². The normalized spacial score (nSPS) is 10.8. The number of halogens is 1. The van der Waals surface area contributed by atoms with Crippen LogP contribution in [0.1, 0.15) is 24.5 Å². The Balaban J connectivity index is 1.89. The van der Waals surface area contributed by atoms with Crippen molar-refractivity contribution in [2.24, 2.45) is 0 Å². The highest BCUT2D eigenvalue weighted by Gasteiger charge is 2.05. The molecule has 0 aliphatic heterocycles. The molecule has 0 amide bonds. The maximum absolute atomic E-state index is 5.94. The van der Waals surface area contributed by atoms with Gasteiger partial charge in [0.1, 0.15) is 17.6 Å². The summed E-state index contributed by atoms with van der Waals surface area (Å²) in [7, 11) is 0. The molecule has 8 heteroatoms. The highest BCUT2D eigenvalue weighted by atomic mass is 35.5. The van der Waals surface area contributed by atoms with Gasteiger partial charge in [0.25, 0.3) is 0 Å². The van der Waals surface area contributed by atoms with E-state index in [0.29, 0.717) is 54.7 Å². The van der Waals surface area contributed by atoms with Crippen LogP contribution < -0.4 is 5.32 Å². The zero-order valence-corrected chi connectivity index (χ0v) is 12.1. The van der Waals surface area contributed by atoms with E-state index in [1.54, 1.807) is 13.0 Å². The van der Waals surface area contributed by atoms with E-state index < -0.39 is 0 Å². The third-order valence-electron chi connectivity index (χ3n) is 2.39. The molecule has 2 heterocycles. The lowest BCUT2D eigenvalue weighted by Gasteiger charge is -2.07. The minimum atomic E-state index is 0.342. The number of hydrogen-bond acceptors (Lipinski definition) is 7. The van der Waals surface area contributed by atoms with Crippen LogP contribution >= 0.6 is 11.6 Å². The van der Waals surface area contributed by atoms with Gasteiger partial charge in [0, 0.05) is 25.6 Å². The smallest absolute Gasteiger partial charge is 0.228 e. The molecule has 2 aromatic heterocycles. The van der Waals surface area contributed by atoms with E-state index in [4.69, 9.17) is 20.9 Å². The fourth-order valence-corrected chi connectivity index (χ4v) is 1.75.